The second kappa shape index (κ2) is 14.5. The lowest BCUT2D eigenvalue weighted by Gasteiger charge is -2.30. The van der Waals surface area contributed by atoms with Gasteiger partial charge in [-0.1, -0.05) is 24.3 Å². The number of hydrogen-bond donors (Lipinski definition) is 3. The molecule has 0 atom stereocenters. The molecule has 0 radical (unpaired) electrons. The van der Waals surface area contributed by atoms with E-state index in [1.54, 1.807) is 30.5 Å². The van der Waals surface area contributed by atoms with Crippen LogP contribution in [0, 0.1) is 17.5 Å². The summed E-state index contributed by atoms with van der Waals surface area (Å²) in [5, 5.41) is 7.13. The van der Waals surface area contributed by atoms with E-state index in [0.717, 1.165) is 55.2 Å². The average molecular weight is 655 g/mol. The van der Waals surface area contributed by atoms with E-state index < -0.39 is 23.1 Å². The highest BCUT2D eigenvalue weighted by atomic mass is 19.2. The van der Waals surface area contributed by atoms with Crippen LogP contribution >= 0.6 is 0 Å². The molecule has 2 aromatic heterocycles. The molecule has 48 heavy (non-hydrogen) atoms. The van der Waals surface area contributed by atoms with Crippen LogP contribution in [0.15, 0.2) is 84.2 Å². The van der Waals surface area contributed by atoms with Crippen molar-refractivity contribution in [1.29, 1.82) is 0 Å². The highest BCUT2D eigenvalue weighted by Crippen LogP contribution is 2.25. The number of halogens is 3. The number of rotatable bonds is 10. The zero-order valence-corrected chi connectivity index (χ0v) is 26.1. The molecule has 0 aliphatic carbocycles. The Morgan fingerprint density at radius 1 is 1.02 bits per heavy atom. The molecule has 6 rings (SSSR count). The standard InChI is InChI=1S/C35H33F3N8O2/c1-45-13-10-25(11-14-45)42-32-9-6-26(17-30(32)38)43-35-40-18-24-15-22(5-8-31(24)44-35)3-2-12-46(20-23-4-7-28(36)29(37)16-23)34(48)27-19-39-21-41-33(27)47/h2-9,15-19,21,25,42H,10-14,20H2,1H3,(H,39,41,47)(H,40,43,44)/b3-2+. The molecule has 10 nitrogen and oxygen atoms in total. The number of fused-ring (bicyclic) bond motifs is 1. The van der Waals surface area contributed by atoms with Crippen molar-refractivity contribution in [1.82, 2.24) is 29.7 Å². The van der Waals surface area contributed by atoms with Crippen molar-refractivity contribution in [2.75, 3.05) is 37.3 Å². The van der Waals surface area contributed by atoms with E-state index >= 15 is 0 Å². The Hall–Kier alpha value is -5.56. The molecular formula is C35H33F3N8O2. The van der Waals surface area contributed by atoms with Crippen LogP contribution in [-0.4, -0.2) is 68.4 Å². The molecule has 0 unspecified atom stereocenters. The van der Waals surface area contributed by atoms with E-state index in [4.69, 9.17) is 0 Å². The minimum Gasteiger partial charge on any atom is -0.380 e. The molecule has 1 saturated heterocycles. The Kier molecular flexibility index (Phi) is 9.76. The molecule has 1 fully saturated rings. The van der Waals surface area contributed by atoms with Gasteiger partial charge in [-0.2, -0.15) is 0 Å². The first-order valence-electron chi connectivity index (χ1n) is 15.4. The van der Waals surface area contributed by atoms with Gasteiger partial charge in [0.2, 0.25) is 5.95 Å². The molecule has 3 aromatic carbocycles. The lowest BCUT2D eigenvalue weighted by Crippen LogP contribution is -2.36. The predicted molar refractivity (Wildman–Crippen MR) is 178 cm³/mol. The number of H-pyrrole nitrogens is 1. The first-order valence-corrected chi connectivity index (χ1v) is 15.4. The number of benzene rings is 3. The molecule has 5 aromatic rings. The Morgan fingerprint density at radius 2 is 1.85 bits per heavy atom. The fourth-order valence-electron chi connectivity index (χ4n) is 5.49. The van der Waals surface area contributed by atoms with Crippen molar-refractivity contribution < 1.29 is 18.0 Å². The maximum atomic E-state index is 14.9. The summed E-state index contributed by atoms with van der Waals surface area (Å²) in [6.07, 6.45) is 9.43. The molecule has 1 aliphatic rings. The lowest BCUT2D eigenvalue weighted by atomic mass is 10.1. The summed E-state index contributed by atoms with van der Waals surface area (Å²) in [4.78, 5) is 44.3. The van der Waals surface area contributed by atoms with E-state index in [2.05, 4.69) is 42.5 Å². The number of carbonyl (C=O) groups excluding carboxylic acids is 1. The van der Waals surface area contributed by atoms with Crippen molar-refractivity contribution in [3.63, 3.8) is 0 Å². The maximum Gasteiger partial charge on any atom is 0.263 e. The number of piperidine rings is 1. The molecule has 3 heterocycles. The monoisotopic (exact) mass is 654 g/mol. The number of carbonyl (C=O) groups is 1. The number of hydrogen-bond acceptors (Lipinski definition) is 8. The first-order chi connectivity index (χ1) is 23.2. The normalized spacial score (nSPS) is 14.0. The van der Waals surface area contributed by atoms with Gasteiger partial charge in [0.15, 0.2) is 11.6 Å². The number of nitrogens with zero attached hydrogens (tertiary/aromatic N) is 5. The van der Waals surface area contributed by atoms with Crippen molar-refractivity contribution >= 4 is 40.2 Å². The van der Waals surface area contributed by atoms with E-state index in [1.807, 2.05) is 18.2 Å². The summed E-state index contributed by atoms with van der Waals surface area (Å²) in [5.41, 5.74) is 2.02. The van der Waals surface area contributed by atoms with Crippen molar-refractivity contribution in [2.45, 2.75) is 25.4 Å². The number of aromatic amines is 1. The lowest BCUT2D eigenvalue weighted by molar-refractivity contribution is 0.0760. The fourth-order valence-corrected chi connectivity index (χ4v) is 5.49. The number of amides is 1. The highest BCUT2D eigenvalue weighted by Gasteiger charge is 2.20. The molecule has 1 amide bonds. The number of nitrogens with one attached hydrogen (secondary N) is 3. The topological polar surface area (TPSA) is 119 Å². The average Bonchev–Trinajstić information content (AvgIpc) is 3.08. The summed E-state index contributed by atoms with van der Waals surface area (Å²) < 4.78 is 42.3. The maximum absolute atomic E-state index is 14.9. The Balaban J connectivity index is 1.13. The van der Waals surface area contributed by atoms with Gasteiger partial charge < -0.3 is 25.4 Å². The highest BCUT2D eigenvalue weighted by molar-refractivity contribution is 5.93. The molecule has 0 saturated carbocycles. The van der Waals surface area contributed by atoms with Crippen LogP contribution in [-0.2, 0) is 6.54 Å². The Morgan fingerprint density at radius 3 is 2.62 bits per heavy atom. The van der Waals surface area contributed by atoms with Gasteiger partial charge in [0, 0.05) is 42.6 Å². The van der Waals surface area contributed by atoms with Gasteiger partial charge in [-0.3, -0.25) is 9.59 Å². The van der Waals surface area contributed by atoms with Crippen molar-refractivity contribution in [2.24, 2.45) is 0 Å². The first kappa shape index (κ1) is 32.4. The summed E-state index contributed by atoms with van der Waals surface area (Å²) in [6.45, 7) is 1.95. The fraction of sp³-hybridized carbons (Fsp3) is 0.229. The van der Waals surface area contributed by atoms with Gasteiger partial charge in [0.1, 0.15) is 11.4 Å². The van der Waals surface area contributed by atoms with E-state index in [9.17, 15) is 22.8 Å². The number of anilines is 3. The second-order valence-corrected chi connectivity index (χ2v) is 11.7. The predicted octanol–water partition coefficient (Wildman–Crippen LogP) is 5.74. The van der Waals surface area contributed by atoms with Gasteiger partial charge in [0.25, 0.3) is 11.5 Å². The summed E-state index contributed by atoms with van der Waals surface area (Å²) in [7, 11) is 2.09. The largest absolute Gasteiger partial charge is 0.380 e. The van der Waals surface area contributed by atoms with Gasteiger partial charge in [-0.25, -0.2) is 28.1 Å². The van der Waals surface area contributed by atoms with Crippen molar-refractivity contribution in [3.05, 3.63) is 124 Å². The summed E-state index contributed by atoms with van der Waals surface area (Å²) in [6, 6.07) is 14.1. The Bertz CT molecular complexity index is 2030. The zero-order valence-electron chi connectivity index (χ0n) is 26.1. The molecule has 3 N–H and O–H groups in total. The minimum atomic E-state index is -1.04. The molecule has 0 bridgehead atoms. The molecule has 1 aliphatic heterocycles. The number of likely N-dealkylation sites (tertiary alicyclic amines) is 1. The third-order valence-electron chi connectivity index (χ3n) is 8.14. The van der Waals surface area contributed by atoms with E-state index in [-0.39, 0.29) is 30.5 Å². The van der Waals surface area contributed by atoms with Crippen molar-refractivity contribution in [3.8, 4) is 0 Å². The quantitative estimate of drug-likeness (QED) is 0.175. The van der Waals surface area contributed by atoms with Crippen LogP contribution in [0.5, 0.6) is 0 Å². The minimum absolute atomic E-state index is 0.0619. The van der Waals surface area contributed by atoms with Crippen LogP contribution in [0.4, 0.5) is 30.5 Å². The smallest absolute Gasteiger partial charge is 0.263 e. The molecule has 0 spiro atoms. The van der Waals surface area contributed by atoms with Crippen LogP contribution in [0.2, 0.25) is 0 Å². The summed E-state index contributed by atoms with van der Waals surface area (Å²) in [5.74, 6) is -2.69. The number of aromatic nitrogens is 4. The Labute approximate surface area is 274 Å². The van der Waals surface area contributed by atoms with Gasteiger partial charge in [-0.15, -0.1) is 0 Å². The van der Waals surface area contributed by atoms with Gasteiger partial charge in [0.05, 0.1) is 17.5 Å². The third-order valence-corrected chi connectivity index (χ3v) is 8.14. The van der Waals surface area contributed by atoms with Crippen LogP contribution in [0.3, 0.4) is 0 Å². The summed E-state index contributed by atoms with van der Waals surface area (Å²) >= 11 is 0. The van der Waals surface area contributed by atoms with Crippen LogP contribution in [0.25, 0.3) is 17.0 Å². The van der Waals surface area contributed by atoms with Gasteiger partial charge in [-0.05, 0) is 86.6 Å². The zero-order chi connectivity index (χ0) is 33.6. The van der Waals surface area contributed by atoms with Gasteiger partial charge >= 0.3 is 0 Å². The molecule has 13 heteroatoms. The van der Waals surface area contributed by atoms with Crippen LogP contribution in [0.1, 0.15) is 34.3 Å². The SMILES string of the molecule is CN1CCC(Nc2ccc(Nc3ncc4cc(/C=C/CN(Cc5ccc(F)c(F)c5)C(=O)c5cnc[nH]c5=O)ccc4n3)cc2F)CC1. The second-order valence-electron chi connectivity index (χ2n) is 11.7. The molecular weight excluding hydrogens is 621 g/mol. The molecule has 246 valence electrons. The third kappa shape index (κ3) is 7.86. The van der Waals surface area contributed by atoms with Crippen LogP contribution < -0.4 is 16.2 Å². The van der Waals surface area contributed by atoms with E-state index in [1.165, 1.54) is 23.4 Å². The van der Waals surface area contributed by atoms with E-state index in [0.29, 0.717) is 28.4 Å².